The van der Waals surface area contributed by atoms with Gasteiger partial charge in [-0.05, 0) is 24.3 Å². The molecule has 3 aromatic rings. The van der Waals surface area contributed by atoms with Crippen LogP contribution in [0.2, 0.25) is 0 Å². The molecule has 1 heterocycles. The van der Waals surface area contributed by atoms with E-state index >= 15 is 0 Å². The van der Waals surface area contributed by atoms with Gasteiger partial charge in [0.2, 0.25) is 5.75 Å². The van der Waals surface area contributed by atoms with Crippen molar-refractivity contribution in [3.05, 3.63) is 75.1 Å². The molecule has 3 rings (SSSR count). The molecule has 0 saturated heterocycles. The van der Waals surface area contributed by atoms with Gasteiger partial charge >= 0.3 is 11.3 Å². The average molecular weight is 283 g/mol. The van der Waals surface area contributed by atoms with Crippen molar-refractivity contribution >= 4 is 16.7 Å². The van der Waals surface area contributed by atoms with Crippen LogP contribution in [-0.4, -0.2) is 4.92 Å². The summed E-state index contributed by atoms with van der Waals surface area (Å²) in [6.45, 7) is 0. The normalized spacial score (nSPS) is 10.5. The quantitative estimate of drug-likeness (QED) is 0.417. The zero-order valence-electron chi connectivity index (χ0n) is 10.7. The van der Waals surface area contributed by atoms with Crippen LogP contribution in [0.5, 0.6) is 11.5 Å². The highest BCUT2D eigenvalue weighted by Gasteiger charge is 2.14. The fourth-order valence-corrected chi connectivity index (χ4v) is 1.93. The summed E-state index contributed by atoms with van der Waals surface area (Å²) in [6, 6.07) is 13.9. The molecule has 0 bridgehead atoms. The molecular formula is C15H9NO5. The molecule has 0 aliphatic rings. The predicted octanol–water partition coefficient (Wildman–Crippen LogP) is 3.49. The number of hydrogen-bond acceptors (Lipinski definition) is 5. The van der Waals surface area contributed by atoms with Crippen molar-refractivity contribution in [2.24, 2.45) is 0 Å². The van der Waals surface area contributed by atoms with E-state index in [0.717, 1.165) is 5.39 Å². The summed E-state index contributed by atoms with van der Waals surface area (Å²) in [5.41, 5.74) is -0.240. The van der Waals surface area contributed by atoms with E-state index in [9.17, 15) is 14.9 Å². The summed E-state index contributed by atoms with van der Waals surface area (Å²) in [6.07, 6.45) is 0. The number of nitro groups is 1. The first-order chi connectivity index (χ1) is 10.1. The molecule has 6 heteroatoms. The molecule has 2 aromatic carbocycles. The zero-order chi connectivity index (χ0) is 14.8. The predicted molar refractivity (Wildman–Crippen MR) is 75.7 cm³/mol. The van der Waals surface area contributed by atoms with Gasteiger partial charge in [0.15, 0.2) is 0 Å². The first-order valence-corrected chi connectivity index (χ1v) is 6.09. The number of nitro benzene ring substituents is 1. The second-order valence-corrected chi connectivity index (χ2v) is 4.28. The number of para-hydroxylation sites is 2. The molecule has 104 valence electrons. The molecule has 0 amide bonds. The Morgan fingerprint density at radius 2 is 1.81 bits per heavy atom. The van der Waals surface area contributed by atoms with Crippen LogP contribution in [-0.2, 0) is 0 Å². The fraction of sp³-hybridized carbons (Fsp3) is 0. The standard InChI is InChI=1S/C15H9NO5/c17-15-8-6-10-5-7-11(9-14(10)21-15)20-13-4-2-1-3-12(13)16(18)19/h1-9H. The van der Waals surface area contributed by atoms with Crippen LogP contribution in [0.3, 0.4) is 0 Å². The van der Waals surface area contributed by atoms with Gasteiger partial charge in [0.05, 0.1) is 4.92 Å². The molecule has 0 N–H and O–H groups in total. The van der Waals surface area contributed by atoms with Gasteiger partial charge in [-0.3, -0.25) is 10.1 Å². The molecule has 0 fully saturated rings. The van der Waals surface area contributed by atoms with E-state index in [-0.39, 0.29) is 11.4 Å². The summed E-state index contributed by atoms with van der Waals surface area (Å²) in [5.74, 6) is 0.478. The van der Waals surface area contributed by atoms with Gasteiger partial charge in [-0.15, -0.1) is 0 Å². The van der Waals surface area contributed by atoms with Crippen molar-refractivity contribution in [3.63, 3.8) is 0 Å². The van der Waals surface area contributed by atoms with Crippen molar-refractivity contribution < 1.29 is 14.1 Å². The summed E-state index contributed by atoms with van der Waals surface area (Å²) in [4.78, 5) is 21.6. The second kappa shape index (κ2) is 5.09. The van der Waals surface area contributed by atoms with Gasteiger partial charge in [-0.25, -0.2) is 4.79 Å². The van der Waals surface area contributed by atoms with E-state index in [0.29, 0.717) is 11.3 Å². The molecule has 1 aromatic heterocycles. The van der Waals surface area contributed by atoms with Gasteiger partial charge in [-0.1, -0.05) is 12.1 Å². The molecule has 0 spiro atoms. The van der Waals surface area contributed by atoms with E-state index < -0.39 is 10.5 Å². The Morgan fingerprint density at radius 3 is 2.62 bits per heavy atom. The molecular weight excluding hydrogens is 274 g/mol. The lowest BCUT2D eigenvalue weighted by Gasteiger charge is -2.06. The molecule has 0 unspecified atom stereocenters. The SMILES string of the molecule is O=c1ccc2ccc(Oc3ccccc3[N+](=O)[O-])cc2o1. The maximum atomic E-state index is 11.2. The van der Waals surface area contributed by atoms with Crippen LogP contribution in [0.1, 0.15) is 0 Å². The largest absolute Gasteiger partial charge is 0.450 e. The number of fused-ring (bicyclic) bond motifs is 1. The van der Waals surface area contributed by atoms with Crippen LogP contribution in [0.25, 0.3) is 11.0 Å². The Labute approximate surface area is 118 Å². The molecule has 21 heavy (non-hydrogen) atoms. The maximum Gasteiger partial charge on any atom is 0.336 e. The van der Waals surface area contributed by atoms with E-state index in [1.54, 1.807) is 30.3 Å². The lowest BCUT2D eigenvalue weighted by molar-refractivity contribution is -0.385. The number of hydrogen-bond donors (Lipinski definition) is 0. The van der Waals surface area contributed by atoms with Gasteiger partial charge < -0.3 is 9.15 Å². The van der Waals surface area contributed by atoms with Crippen molar-refractivity contribution in [3.8, 4) is 11.5 Å². The molecule has 0 atom stereocenters. The van der Waals surface area contributed by atoms with Gasteiger partial charge in [0.25, 0.3) is 0 Å². The van der Waals surface area contributed by atoms with Crippen molar-refractivity contribution in [1.82, 2.24) is 0 Å². The van der Waals surface area contributed by atoms with Crippen molar-refractivity contribution in [2.75, 3.05) is 0 Å². The average Bonchev–Trinajstić information content (AvgIpc) is 2.47. The van der Waals surface area contributed by atoms with Crippen LogP contribution < -0.4 is 10.4 Å². The number of ether oxygens (including phenoxy) is 1. The van der Waals surface area contributed by atoms with Crippen molar-refractivity contribution in [1.29, 1.82) is 0 Å². The number of benzene rings is 2. The van der Waals surface area contributed by atoms with Crippen LogP contribution in [0.4, 0.5) is 5.69 Å². The van der Waals surface area contributed by atoms with Crippen LogP contribution in [0, 0.1) is 10.1 Å². The molecule has 0 aliphatic heterocycles. The molecule has 0 saturated carbocycles. The summed E-state index contributed by atoms with van der Waals surface area (Å²) >= 11 is 0. The van der Waals surface area contributed by atoms with E-state index in [1.807, 2.05) is 0 Å². The highest BCUT2D eigenvalue weighted by Crippen LogP contribution is 2.31. The molecule has 6 nitrogen and oxygen atoms in total. The Morgan fingerprint density at radius 1 is 1.05 bits per heavy atom. The highest BCUT2D eigenvalue weighted by atomic mass is 16.6. The third kappa shape index (κ3) is 2.59. The number of nitrogens with zero attached hydrogens (tertiary/aromatic N) is 1. The molecule has 0 radical (unpaired) electrons. The lowest BCUT2D eigenvalue weighted by Crippen LogP contribution is -1.95. The van der Waals surface area contributed by atoms with E-state index in [4.69, 9.17) is 9.15 Å². The molecule has 0 aliphatic carbocycles. The third-order valence-electron chi connectivity index (χ3n) is 2.88. The van der Waals surface area contributed by atoms with E-state index in [1.165, 1.54) is 24.3 Å². The summed E-state index contributed by atoms with van der Waals surface area (Å²) < 4.78 is 10.6. The highest BCUT2D eigenvalue weighted by molar-refractivity contribution is 5.77. The number of rotatable bonds is 3. The Bertz CT molecular complexity index is 884. The first-order valence-electron chi connectivity index (χ1n) is 6.09. The Hall–Kier alpha value is -3.15. The Kier molecular flexibility index (Phi) is 3.12. The maximum absolute atomic E-state index is 11.2. The summed E-state index contributed by atoms with van der Waals surface area (Å²) in [5, 5.41) is 11.7. The van der Waals surface area contributed by atoms with E-state index in [2.05, 4.69) is 0 Å². The Balaban J connectivity index is 2.02. The minimum absolute atomic E-state index is 0.125. The third-order valence-corrected chi connectivity index (χ3v) is 2.88. The smallest absolute Gasteiger partial charge is 0.336 e. The van der Waals surface area contributed by atoms with Crippen molar-refractivity contribution in [2.45, 2.75) is 0 Å². The minimum atomic E-state index is -0.517. The zero-order valence-corrected chi connectivity index (χ0v) is 10.7. The first kappa shape index (κ1) is 12.9. The minimum Gasteiger partial charge on any atom is -0.450 e. The monoisotopic (exact) mass is 283 g/mol. The van der Waals surface area contributed by atoms with Gasteiger partial charge in [-0.2, -0.15) is 0 Å². The summed E-state index contributed by atoms with van der Waals surface area (Å²) in [7, 11) is 0. The van der Waals surface area contributed by atoms with Crippen LogP contribution >= 0.6 is 0 Å². The van der Waals surface area contributed by atoms with Gasteiger partial charge in [0.1, 0.15) is 11.3 Å². The van der Waals surface area contributed by atoms with Gasteiger partial charge in [0, 0.05) is 23.6 Å². The lowest BCUT2D eigenvalue weighted by atomic mass is 10.2. The van der Waals surface area contributed by atoms with Crippen LogP contribution in [0.15, 0.2) is 63.8 Å². The fourth-order valence-electron chi connectivity index (χ4n) is 1.93. The second-order valence-electron chi connectivity index (χ2n) is 4.28. The topological polar surface area (TPSA) is 82.6 Å².